The second-order valence-corrected chi connectivity index (χ2v) is 7.93. The number of ether oxygens (including phenoxy) is 1. The van der Waals surface area contributed by atoms with E-state index in [2.05, 4.69) is 0 Å². The van der Waals surface area contributed by atoms with E-state index in [1.54, 1.807) is 72.8 Å². The quantitative estimate of drug-likeness (QED) is 0.508. The van der Waals surface area contributed by atoms with Gasteiger partial charge in [-0.1, -0.05) is 60.7 Å². The van der Waals surface area contributed by atoms with E-state index < -0.39 is 23.9 Å². The van der Waals surface area contributed by atoms with Crippen molar-refractivity contribution in [2.75, 3.05) is 6.61 Å². The predicted molar refractivity (Wildman–Crippen MR) is 115 cm³/mol. The summed E-state index contributed by atoms with van der Waals surface area (Å²) in [5, 5.41) is 10.9. The van der Waals surface area contributed by atoms with E-state index in [0.29, 0.717) is 34.6 Å². The number of aliphatic hydroxyl groups excluding tert-OH is 1. The van der Waals surface area contributed by atoms with Gasteiger partial charge in [-0.15, -0.1) is 0 Å². The molecule has 0 amide bonds. The highest BCUT2D eigenvalue weighted by Gasteiger charge is 2.75. The van der Waals surface area contributed by atoms with Crippen molar-refractivity contribution in [1.82, 2.24) is 0 Å². The molecule has 0 aliphatic heterocycles. The highest BCUT2D eigenvalue weighted by atomic mass is 19.3. The zero-order valence-corrected chi connectivity index (χ0v) is 17.2. The Labute approximate surface area is 180 Å². The first kappa shape index (κ1) is 21.2. The molecule has 3 nitrogen and oxygen atoms in total. The van der Waals surface area contributed by atoms with Crippen LogP contribution in [0, 0.1) is 0 Å². The molecule has 0 bridgehead atoms. The van der Waals surface area contributed by atoms with Gasteiger partial charge in [0.05, 0.1) is 18.1 Å². The first-order valence-electron chi connectivity index (χ1n) is 10.4. The number of aliphatic hydroxyl groups is 1. The minimum atomic E-state index is -2.99. The van der Waals surface area contributed by atoms with Crippen molar-refractivity contribution in [2.24, 2.45) is 0 Å². The molecule has 1 N–H and O–H groups in total. The minimum Gasteiger partial charge on any atom is -0.494 e. The molecule has 2 unspecified atom stereocenters. The molecule has 3 aromatic carbocycles. The topological polar surface area (TPSA) is 46.5 Å². The normalized spacial score (nSPS) is 20.1. The molecule has 3 aromatic rings. The van der Waals surface area contributed by atoms with Crippen LogP contribution in [0.15, 0.2) is 78.9 Å². The Morgan fingerprint density at radius 1 is 1.00 bits per heavy atom. The van der Waals surface area contributed by atoms with E-state index in [9.17, 15) is 18.7 Å². The summed E-state index contributed by atoms with van der Waals surface area (Å²) in [5.74, 6) is -2.53. The molecule has 0 heterocycles. The van der Waals surface area contributed by atoms with Crippen LogP contribution < -0.4 is 4.74 Å². The number of carbonyl (C=O) groups is 1. The predicted octanol–water partition coefficient (Wildman–Crippen LogP) is 5.20. The molecular formula is C26H24F2O3. The first-order valence-corrected chi connectivity index (χ1v) is 10.4. The summed E-state index contributed by atoms with van der Waals surface area (Å²) in [6.07, 6.45) is -1.67. The number of alkyl halides is 2. The van der Waals surface area contributed by atoms with Gasteiger partial charge >= 0.3 is 0 Å². The van der Waals surface area contributed by atoms with Crippen LogP contribution in [0.2, 0.25) is 0 Å². The molecule has 1 aliphatic carbocycles. The lowest BCUT2D eigenvalue weighted by atomic mass is 9.85. The van der Waals surface area contributed by atoms with Crippen molar-refractivity contribution in [3.8, 4) is 5.75 Å². The average Bonchev–Trinajstić information content (AvgIpc) is 3.38. The van der Waals surface area contributed by atoms with Crippen LogP contribution in [-0.4, -0.2) is 29.5 Å². The van der Waals surface area contributed by atoms with Gasteiger partial charge in [0, 0.05) is 17.5 Å². The summed E-state index contributed by atoms with van der Waals surface area (Å²) >= 11 is 0. The van der Waals surface area contributed by atoms with Gasteiger partial charge in [0.25, 0.3) is 5.92 Å². The van der Waals surface area contributed by atoms with Crippen LogP contribution in [0.25, 0.3) is 0 Å². The zero-order chi connectivity index (χ0) is 22.1. The zero-order valence-electron chi connectivity index (χ0n) is 17.2. The lowest BCUT2D eigenvalue weighted by molar-refractivity contribution is 0.0294. The van der Waals surface area contributed by atoms with E-state index in [4.69, 9.17) is 4.74 Å². The summed E-state index contributed by atoms with van der Waals surface area (Å²) in [5.41, 5.74) is 0.428. The molecule has 0 aromatic heterocycles. The second-order valence-electron chi connectivity index (χ2n) is 7.93. The van der Waals surface area contributed by atoms with Crippen LogP contribution in [0.4, 0.5) is 8.78 Å². The van der Waals surface area contributed by atoms with Crippen molar-refractivity contribution < 1.29 is 23.4 Å². The molecule has 1 aliphatic rings. The summed E-state index contributed by atoms with van der Waals surface area (Å²) < 4.78 is 34.4. The summed E-state index contributed by atoms with van der Waals surface area (Å²) in [7, 11) is 0. The number of benzene rings is 3. The fourth-order valence-electron chi connectivity index (χ4n) is 4.18. The Morgan fingerprint density at radius 3 is 2.26 bits per heavy atom. The maximum absolute atomic E-state index is 14.5. The van der Waals surface area contributed by atoms with Crippen molar-refractivity contribution in [3.63, 3.8) is 0 Å². The van der Waals surface area contributed by atoms with E-state index in [1.807, 2.05) is 13.0 Å². The molecular weight excluding hydrogens is 398 g/mol. The fraction of sp³-hybridized carbons (Fsp3) is 0.269. The monoisotopic (exact) mass is 422 g/mol. The van der Waals surface area contributed by atoms with Crippen LogP contribution >= 0.6 is 0 Å². The van der Waals surface area contributed by atoms with Crippen molar-refractivity contribution in [3.05, 3.63) is 101 Å². The third-order valence-electron chi connectivity index (χ3n) is 5.93. The van der Waals surface area contributed by atoms with Crippen LogP contribution in [0.5, 0.6) is 5.75 Å². The summed E-state index contributed by atoms with van der Waals surface area (Å²) in [6.45, 7) is 2.34. The SMILES string of the molecule is CCOc1ccc(C2(C(O)Cc3cccc(C(=O)c4ccccc4)c3)CC2(F)F)cc1. The van der Waals surface area contributed by atoms with Gasteiger partial charge in [-0.25, -0.2) is 8.78 Å². The standard InChI is InChI=1S/C26H24F2O3/c1-2-31-22-13-11-21(12-14-22)25(17-26(25,27)28)23(29)16-18-7-6-10-20(15-18)24(30)19-8-4-3-5-9-19/h3-15,23,29H,2,16-17H2,1H3. The maximum atomic E-state index is 14.5. The molecule has 0 spiro atoms. The largest absolute Gasteiger partial charge is 0.494 e. The summed E-state index contributed by atoms with van der Waals surface area (Å²) in [4.78, 5) is 12.7. The highest BCUT2D eigenvalue weighted by molar-refractivity contribution is 6.09. The number of carbonyl (C=O) groups excluding carboxylic acids is 1. The van der Waals surface area contributed by atoms with Gasteiger partial charge in [0.2, 0.25) is 0 Å². The molecule has 5 heteroatoms. The van der Waals surface area contributed by atoms with Gasteiger partial charge in [-0.3, -0.25) is 4.79 Å². The molecule has 1 fully saturated rings. The fourth-order valence-corrected chi connectivity index (χ4v) is 4.18. The maximum Gasteiger partial charge on any atom is 0.261 e. The van der Waals surface area contributed by atoms with Gasteiger partial charge in [-0.05, 0) is 42.7 Å². The third-order valence-corrected chi connectivity index (χ3v) is 5.93. The first-order chi connectivity index (χ1) is 14.9. The molecule has 31 heavy (non-hydrogen) atoms. The van der Waals surface area contributed by atoms with Crippen molar-refractivity contribution in [2.45, 2.75) is 37.2 Å². The molecule has 0 saturated heterocycles. The molecule has 4 rings (SSSR count). The Hall–Kier alpha value is -3.05. The van der Waals surface area contributed by atoms with Gasteiger partial charge in [0.15, 0.2) is 5.78 Å². The smallest absolute Gasteiger partial charge is 0.261 e. The number of hydrogen-bond acceptors (Lipinski definition) is 3. The molecule has 160 valence electrons. The molecule has 0 radical (unpaired) electrons. The van der Waals surface area contributed by atoms with E-state index in [-0.39, 0.29) is 12.2 Å². The lowest BCUT2D eigenvalue weighted by Crippen LogP contribution is -2.33. The third kappa shape index (κ3) is 3.98. The lowest BCUT2D eigenvalue weighted by Gasteiger charge is -2.24. The number of ketones is 1. The Bertz CT molecular complexity index is 1060. The number of rotatable bonds is 8. The van der Waals surface area contributed by atoms with E-state index >= 15 is 0 Å². The van der Waals surface area contributed by atoms with Crippen molar-refractivity contribution >= 4 is 5.78 Å². The number of hydrogen-bond donors (Lipinski definition) is 1. The molecule has 1 saturated carbocycles. The van der Waals surface area contributed by atoms with Gasteiger partial charge in [-0.2, -0.15) is 0 Å². The van der Waals surface area contributed by atoms with E-state index in [0.717, 1.165) is 0 Å². The Balaban J connectivity index is 1.56. The highest BCUT2D eigenvalue weighted by Crippen LogP contribution is 2.64. The van der Waals surface area contributed by atoms with Gasteiger partial charge < -0.3 is 9.84 Å². The van der Waals surface area contributed by atoms with Crippen LogP contribution in [0.3, 0.4) is 0 Å². The number of halogens is 2. The van der Waals surface area contributed by atoms with Crippen LogP contribution in [0.1, 0.15) is 40.4 Å². The van der Waals surface area contributed by atoms with Gasteiger partial charge in [0.1, 0.15) is 5.75 Å². The van der Waals surface area contributed by atoms with E-state index in [1.165, 1.54) is 0 Å². The Kier molecular flexibility index (Phi) is 5.63. The average molecular weight is 422 g/mol. The Morgan fingerprint density at radius 2 is 1.65 bits per heavy atom. The van der Waals surface area contributed by atoms with Crippen molar-refractivity contribution in [1.29, 1.82) is 0 Å². The van der Waals surface area contributed by atoms with Crippen LogP contribution in [-0.2, 0) is 11.8 Å². The summed E-state index contributed by atoms with van der Waals surface area (Å²) in [6, 6.07) is 22.2. The second kappa shape index (κ2) is 8.23. The molecule has 2 atom stereocenters. The minimum absolute atomic E-state index is 0.0265.